The van der Waals surface area contributed by atoms with Crippen molar-refractivity contribution >= 4 is 23.1 Å². The van der Waals surface area contributed by atoms with Crippen molar-refractivity contribution in [1.29, 1.82) is 0 Å². The van der Waals surface area contributed by atoms with Crippen LogP contribution in [0.3, 0.4) is 0 Å². The number of carbonyl (C=O) groups excluding carboxylic acids is 1. The van der Waals surface area contributed by atoms with E-state index in [1.54, 1.807) is 0 Å². The lowest BCUT2D eigenvalue weighted by Gasteiger charge is -2.33. The fraction of sp³-hybridized carbons (Fsp3) is 0.800. The second-order valence-electron chi connectivity index (χ2n) is 4.18. The molecule has 1 fully saturated rings. The molecule has 1 aliphatic rings. The predicted octanol–water partition coefficient (Wildman–Crippen LogP) is 1.17. The van der Waals surface area contributed by atoms with Crippen molar-refractivity contribution in [3.63, 3.8) is 0 Å². The van der Waals surface area contributed by atoms with Gasteiger partial charge in [-0.2, -0.15) is 0 Å². The molecule has 0 saturated carbocycles. The zero-order valence-electron chi connectivity index (χ0n) is 8.82. The van der Waals surface area contributed by atoms with E-state index in [4.69, 9.17) is 18.0 Å². The van der Waals surface area contributed by atoms with Crippen molar-refractivity contribution in [2.24, 2.45) is 17.6 Å². The predicted molar refractivity (Wildman–Crippen MR) is 60.9 cm³/mol. The van der Waals surface area contributed by atoms with Crippen molar-refractivity contribution in [2.45, 2.75) is 26.7 Å². The molecule has 2 N–H and O–H groups in total. The minimum atomic E-state index is 0.0695. The maximum absolute atomic E-state index is 11.7. The number of likely N-dealkylation sites (tertiary alicyclic amines) is 1. The third-order valence-corrected chi connectivity index (χ3v) is 2.96. The van der Waals surface area contributed by atoms with Crippen LogP contribution >= 0.6 is 12.2 Å². The number of thiocarbonyl (C=S) groups is 1. The van der Waals surface area contributed by atoms with E-state index in [2.05, 4.69) is 0 Å². The van der Waals surface area contributed by atoms with Crippen LogP contribution in [0.15, 0.2) is 0 Å². The first-order valence-corrected chi connectivity index (χ1v) is 5.51. The summed E-state index contributed by atoms with van der Waals surface area (Å²) in [6, 6.07) is 0. The highest BCUT2D eigenvalue weighted by atomic mass is 32.1. The monoisotopic (exact) mass is 214 g/mol. The van der Waals surface area contributed by atoms with Crippen LogP contribution in [0.25, 0.3) is 0 Å². The Morgan fingerprint density at radius 3 is 2.71 bits per heavy atom. The van der Waals surface area contributed by atoms with Gasteiger partial charge in [-0.1, -0.05) is 26.1 Å². The van der Waals surface area contributed by atoms with Gasteiger partial charge < -0.3 is 10.6 Å². The van der Waals surface area contributed by atoms with E-state index >= 15 is 0 Å². The van der Waals surface area contributed by atoms with Gasteiger partial charge in [-0.15, -0.1) is 0 Å². The topological polar surface area (TPSA) is 46.3 Å². The van der Waals surface area contributed by atoms with E-state index in [0.29, 0.717) is 11.5 Å². The average molecular weight is 214 g/mol. The van der Waals surface area contributed by atoms with Crippen molar-refractivity contribution in [3.05, 3.63) is 0 Å². The van der Waals surface area contributed by atoms with Crippen molar-refractivity contribution in [3.8, 4) is 0 Å². The molecule has 1 unspecified atom stereocenters. The highest BCUT2D eigenvalue weighted by Crippen LogP contribution is 2.18. The third kappa shape index (κ3) is 2.67. The normalized spacial score (nSPS) is 22.5. The molecule has 0 aromatic rings. The van der Waals surface area contributed by atoms with E-state index in [1.807, 2.05) is 18.7 Å². The van der Waals surface area contributed by atoms with Crippen LogP contribution in [0, 0.1) is 11.8 Å². The Kier molecular flexibility index (Phi) is 3.86. The summed E-state index contributed by atoms with van der Waals surface area (Å²) in [5, 5.41) is 0. The first kappa shape index (κ1) is 11.4. The largest absolute Gasteiger partial charge is 0.393 e. The highest BCUT2D eigenvalue weighted by molar-refractivity contribution is 7.80. The molecule has 14 heavy (non-hydrogen) atoms. The molecule has 1 heterocycles. The minimum absolute atomic E-state index is 0.0695. The maximum Gasteiger partial charge on any atom is 0.225 e. The Bertz CT molecular complexity index is 240. The van der Waals surface area contributed by atoms with Crippen LogP contribution in [0.4, 0.5) is 0 Å². The fourth-order valence-corrected chi connectivity index (χ4v) is 1.97. The summed E-state index contributed by atoms with van der Waals surface area (Å²) in [5.74, 6) is 0.507. The van der Waals surface area contributed by atoms with Gasteiger partial charge >= 0.3 is 0 Å². The molecule has 0 spiro atoms. The van der Waals surface area contributed by atoms with Crippen molar-refractivity contribution < 1.29 is 4.79 Å². The summed E-state index contributed by atoms with van der Waals surface area (Å²) in [6.07, 6.45) is 2.04. The van der Waals surface area contributed by atoms with Gasteiger partial charge in [0, 0.05) is 24.9 Å². The summed E-state index contributed by atoms with van der Waals surface area (Å²) in [6.45, 7) is 5.42. The Balaban J connectivity index is 2.56. The molecule has 0 aromatic heterocycles. The van der Waals surface area contributed by atoms with Gasteiger partial charge in [-0.3, -0.25) is 4.79 Å². The maximum atomic E-state index is 11.7. The average Bonchev–Trinajstić information content (AvgIpc) is 2.16. The molecule has 3 nitrogen and oxygen atoms in total. The van der Waals surface area contributed by atoms with Gasteiger partial charge in [0.25, 0.3) is 0 Å². The number of amides is 1. The van der Waals surface area contributed by atoms with E-state index in [1.165, 1.54) is 0 Å². The standard InChI is InChI=1S/C10H18N2OS/c1-7(2)10(13)12-5-3-4-8(6-12)9(11)14/h7-8H,3-6H2,1-2H3,(H2,11,14). The number of nitrogens with two attached hydrogens (primary N) is 1. The van der Waals surface area contributed by atoms with Crippen LogP contribution in [0.2, 0.25) is 0 Å². The molecule has 4 heteroatoms. The number of carbonyl (C=O) groups is 1. The molecule has 1 atom stereocenters. The molecular formula is C10H18N2OS. The molecule has 1 rings (SSSR count). The van der Waals surface area contributed by atoms with Crippen LogP contribution in [0.5, 0.6) is 0 Å². The molecule has 0 aliphatic carbocycles. The molecule has 0 aromatic carbocycles. The van der Waals surface area contributed by atoms with Gasteiger partial charge in [-0.25, -0.2) is 0 Å². The number of hydrogen-bond acceptors (Lipinski definition) is 2. The number of hydrogen-bond donors (Lipinski definition) is 1. The van der Waals surface area contributed by atoms with E-state index in [0.717, 1.165) is 19.4 Å². The molecule has 0 bridgehead atoms. The van der Waals surface area contributed by atoms with Gasteiger partial charge in [-0.05, 0) is 12.8 Å². The van der Waals surface area contributed by atoms with Crippen LogP contribution < -0.4 is 5.73 Å². The van der Waals surface area contributed by atoms with Gasteiger partial charge in [0.2, 0.25) is 5.91 Å². The molecular weight excluding hydrogens is 196 g/mol. The Hall–Kier alpha value is -0.640. The number of nitrogens with zero attached hydrogens (tertiary/aromatic N) is 1. The fourth-order valence-electron chi connectivity index (χ4n) is 1.77. The summed E-state index contributed by atoms with van der Waals surface area (Å²) < 4.78 is 0. The van der Waals surface area contributed by atoms with Crippen LogP contribution in [-0.2, 0) is 4.79 Å². The second-order valence-corrected chi connectivity index (χ2v) is 4.65. The second kappa shape index (κ2) is 4.73. The highest BCUT2D eigenvalue weighted by Gasteiger charge is 2.26. The summed E-state index contributed by atoms with van der Waals surface area (Å²) >= 11 is 4.96. The molecule has 1 saturated heterocycles. The Morgan fingerprint density at radius 1 is 1.57 bits per heavy atom. The Morgan fingerprint density at radius 2 is 2.21 bits per heavy atom. The smallest absolute Gasteiger partial charge is 0.225 e. The Labute approximate surface area is 90.6 Å². The summed E-state index contributed by atoms with van der Waals surface area (Å²) in [4.78, 5) is 14.1. The molecule has 0 radical (unpaired) electrons. The van der Waals surface area contributed by atoms with Gasteiger partial charge in [0.05, 0.1) is 4.99 Å². The van der Waals surface area contributed by atoms with Crippen molar-refractivity contribution in [1.82, 2.24) is 4.90 Å². The molecule has 1 amide bonds. The first-order valence-electron chi connectivity index (χ1n) is 5.10. The molecule has 1 aliphatic heterocycles. The quantitative estimate of drug-likeness (QED) is 0.702. The van der Waals surface area contributed by atoms with Crippen LogP contribution in [-0.4, -0.2) is 28.9 Å². The number of rotatable bonds is 2. The SMILES string of the molecule is CC(C)C(=O)N1CCCC(C(N)=S)C1. The summed E-state index contributed by atoms with van der Waals surface area (Å²) in [7, 11) is 0. The minimum Gasteiger partial charge on any atom is -0.393 e. The molecule has 80 valence electrons. The zero-order chi connectivity index (χ0) is 10.7. The zero-order valence-corrected chi connectivity index (χ0v) is 9.64. The number of piperidine rings is 1. The third-order valence-electron chi connectivity index (χ3n) is 2.63. The van der Waals surface area contributed by atoms with E-state index in [9.17, 15) is 4.79 Å². The summed E-state index contributed by atoms with van der Waals surface area (Å²) in [5.41, 5.74) is 5.60. The van der Waals surface area contributed by atoms with Crippen molar-refractivity contribution in [2.75, 3.05) is 13.1 Å². The van der Waals surface area contributed by atoms with Gasteiger partial charge in [0.1, 0.15) is 0 Å². The lowest BCUT2D eigenvalue weighted by molar-refractivity contribution is -0.135. The van der Waals surface area contributed by atoms with Gasteiger partial charge in [0.15, 0.2) is 0 Å². The lowest BCUT2D eigenvalue weighted by atomic mass is 9.97. The van der Waals surface area contributed by atoms with E-state index < -0.39 is 0 Å². The van der Waals surface area contributed by atoms with Crippen LogP contribution in [0.1, 0.15) is 26.7 Å². The first-order chi connectivity index (χ1) is 6.52. The van der Waals surface area contributed by atoms with E-state index in [-0.39, 0.29) is 17.7 Å². The lowest BCUT2D eigenvalue weighted by Crippen LogP contribution is -2.45.